The molecule has 3 aromatic rings. The van der Waals surface area contributed by atoms with E-state index in [2.05, 4.69) is 25.1 Å². The van der Waals surface area contributed by atoms with Gasteiger partial charge in [-0.05, 0) is 24.3 Å². The fourth-order valence-electron chi connectivity index (χ4n) is 2.33. The largest absolute Gasteiger partial charge is 0.471 e. The Labute approximate surface area is 183 Å². The summed E-state index contributed by atoms with van der Waals surface area (Å²) in [5, 5.41) is 10.5. The molecule has 0 unspecified atom stereocenters. The van der Waals surface area contributed by atoms with Gasteiger partial charge in [0.2, 0.25) is 5.82 Å². The molecule has 1 amide bonds. The van der Waals surface area contributed by atoms with Crippen molar-refractivity contribution in [1.29, 1.82) is 0 Å². The lowest BCUT2D eigenvalue weighted by molar-refractivity contribution is -0.159. The number of carbonyl (C=O) groups is 1. The topological polar surface area (TPSA) is 89.6 Å². The summed E-state index contributed by atoms with van der Waals surface area (Å²) < 4.78 is 41.8. The Balaban J connectivity index is 1.48. The van der Waals surface area contributed by atoms with E-state index in [9.17, 15) is 18.0 Å². The SMILES string of the molecule is O=C(NCC=NOCc1c(Cl)cccc1Cl)c1ccc(-c2noc(C(F)(F)F)n2)cc1. The van der Waals surface area contributed by atoms with Crippen molar-refractivity contribution in [3.8, 4) is 11.4 Å². The normalized spacial score (nSPS) is 11.6. The quantitative estimate of drug-likeness (QED) is 0.386. The van der Waals surface area contributed by atoms with Gasteiger partial charge in [0.15, 0.2) is 0 Å². The van der Waals surface area contributed by atoms with Crippen molar-refractivity contribution < 1.29 is 27.3 Å². The molecule has 31 heavy (non-hydrogen) atoms. The lowest BCUT2D eigenvalue weighted by atomic mass is 10.1. The first-order valence-electron chi connectivity index (χ1n) is 8.62. The van der Waals surface area contributed by atoms with Crippen molar-refractivity contribution in [2.24, 2.45) is 5.16 Å². The van der Waals surface area contributed by atoms with Crippen LogP contribution in [0.15, 0.2) is 52.1 Å². The van der Waals surface area contributed by atoms with Crippen LogP contribution in [0.25, 0.3) is 11.4 Å². The number of hydrogen-bond donors (Lipinski definition) is 1. The Morgan fingerprint density at radius 1 is 1.16 bits per heavy atom. The van der Waals surface area contributed by atoms with Crippen LogP contribution in [0.4, 0.5) is 13.2 Å². The van der Waals surface area contributed by atoms with E-state index >= 15 is 0 Å². The predicted molar refractivity (Wildman–Crippen MR) is 107 cm³/mol. The summed E-state index contributed by atoms with van der Waals surface area (Å²) >= 11 is 12.0. The average molecular weight is 473 g/mol. The van der Waals surface area contributed by atoms with Gasteiger partial charge < -0.3 is 14.7 Å². The molecule has 2 aromatic carbocycles. The molecule has 0 aliphatic carbocycles. The Morgan fingerprint density at radius 3 is 2.45 bits per heavy atom. The number of oxime groups is 1. The van der Waals surface area contributed by atoms with Crippen molar-refractivity contribution in [1.82, 2.24) is 15.5 Å². The smallest absolute Gasteiger partial charge is 0.391 e. The standard InChI is InChI=1S/C19H13Cl2F3N4O3/c20-14-2-1-3-15(21)13(14)10-30-26-9-8-25-17(29)12-6-4-11(5-7-12)16-27-18(31-28-16)19(22,23)24/h1-7,9H,8,10H2,(H,25,29). The van der Waals surface area contributed by atoms with Gasteiger partial charge in [-0.1, -0.05) is 51.7 Å². The van der Waals surface area contributed by atoms with E-state index in [0.29, 0.717) is 15.6 Å². The number of aromatic nitrogens is 2. The summed E-state index contributed by atoms with van der Waals surface area (Å²) in [6.45, 7) is 0.146. The van der Waals surface area contributed by atoms with Crippen LogP contribution in [0.2, 0.25) is 10.0 Å². The highest BCUT2D eigenvalue weighted by Crippen LogP contribution is 2.29. The molecule has 0 radical (unpaired) electrons. The van der Waals surface area contributed by atoms with Crippen LogP contribution < -0.4 is 5.32 Å². The molecular weight excluding hydrogens is 460 g/mol. The Hall–Kier alpha value is -3.11. The molecule has 12 heteroatoms. The van der Waals surface area contributed by atoms with Gasteiger partial charge in [0.25, 0.3) is 5.91 Å². The summed E-state index contributed by atoms with van der Waals surface area (Å²) in [5.41, 5.74) is 1.14. The molecule has 3 rings (SSSR count). The summed E-state index contributed by atoms with van der Waals surface area (Å²) in [5.74, 6) is -2.10. The second-order valence-electron chi connectivity index (χ2n) is 5.97. The maximum Gasteiger partial charge on any atom is 0.471 e. The highest BCUT2D eigenvalue weighted by atomic mass is 35.5. The fraction of sp³-hybridized carbons (Fsp3) is 0.158. The van der Waals surface area contributed by atoms with Gasteiger partial charge in [-0.3, -0.25) is 4.79 Å². The van der Waals surface area contributed by atoms with Crippen LogP contribution in [0.1, 0.15) is 21.8 Å². The first-order chi connectivity index (χ1) is 14.8. The summed E-state index contributed by atoms with van der Waals surface area (Å²) in [4.78, 5) is 20.5. The minimum Gasteiger partial charge on any atom is -0.391 e. The minimum atomic E-state index is -4.73. The van der Waals surface area contributed by atoms with Gasteiger partial charge in [0, 0.05) is 26.7 Å². The van der Waals surface area contributed by atoms with Crippen molar-refractivity contribution >= 4 is 35.3 Å². The molecule has 0 atom stereocenters. The van der Waals surface area contributed by atoms with Gasteiger partial charge in [-0.25, -0.2) is 0 Å². The maximum absolute atomic E-state index is 12.5. The van der Waals surface area contributed by atoms with Crippen LogP contribution in [-0.2, 0) is 17.6 Å². The lowest BCUT2D eigenvalue weighted by Gasteiger charge is -2.05. The van der Waals surface area contributed by atoms with E-state index in [1.54, 1.807) is 18.2 Å². The van der Waals surface area contributed by atoms with Gasteiger partial charge in [-0.15, -0.1) is 0 Å². The average Bonchev–Trinajstić information content (AvgIpc) is 3.23. The molecular formula is C19H13Cl2F3N4O3. The Bertz CT molecular complexity index is 1070. The van der Waals surface area contributed by atoms with E-state index in [1.807, 2.05) is 0 Å². The number of hydrogen-bond acceptors (Lipinski definition) is 6. The zero-order valence-electron chi connectivity index (χ0n) is 15.5. The zero-order valence-corrected chi connectivity index (χ0v) is 17.0. The third kappa shape index (κ3) is 5.96. The fourth-order valence-corrected chi connectivity index (χ4v) is 2.84. The van der Waals surface area contributed by atoms with Gasteiger partial charge in [0.1, 0.15) is 6.61 Å². The molecule has 0 saturated heterocycles. The molecule has 0 aliphatic rings. The van der Waals surface area contributed by atoms with Crippen LogP contribution in [0.5, 0.6) is 0 Å². The van der Waals surface area contributed by atoms with E-state index in [4.69, 9.17) is 28.0 Å². The van der Waals surface area contributed by atoms with E-state index < -0.39 is 18.0 Å². The second kappa shape index (κ2) is 9.80. The third-order valence-corrected chi connectivity index (χ3v) is 4.56. The molecule has 0 fully saturated rings. The van der Waals surface area contributed by atoms with Crippen molar-refractivity contribution in [2.45, 2.75) is 12.8 Å². The van der Waals surface area contributed by atoms with E-state index in [-0.39, 0.29) is 30.1 Å². The minimum absolute atomic E-state index is 0.0660. The molecule has 0 saturated carbocycles. The highest BCUT2D eigenvalue weighted by Gasteiger charge is 2.38. The number of benzene rings is 2. The van der Waals surface area contributed by atoms with Crippen LogP contribution in [0.3, 0.4) is 0 Å². The Kier molecular flexibility index (Phi) is 7.13. The summed E-state index contributed by atoms with van der Waals surface area (Å²) in [7, 11) is 0. The number of amides is 1. The Morgan fingerprint density at radius 2 is 1.84 bits per heavy atom. The first kappa shape index (κ1) is 22.6. The number of nitrogens with one attached hydrogen (secondary N) is 1. The van der Waals surface area contributed by atoms with Gasteiger partial charge in [-0.2, -0.15) is 18.2 Å². The van der Waals surface area contributed by atoms with Crippen LogP contribution in [-0.4, -0.2) is 28.8 Å². The first-order valence-corrected chi connectivity index (χ1v) is 9.37. The predicted octanol–water partition coefficient (Wildman–Crippen LogP) is 4.99. The van der Waals surface area contributed by atoms with E-state index in [0.717, 1.165) is 0 Å². The van der Waals surface area contributed by atoms with Crippen LogP contribution in [0, 0.1) is 0 Å². The third-order valence-electron chi connectivity index (χ3n) is 3.85. The molecule has 0 spiro atoms. The van der Waals surface area contributed by atoms with Crippen molar-refractivity contribution in [3.63, 3.8) is 0 Å². The molecule has 0 bridgehead atoms. The maximum atomic E-state index is 12.5. The molecule has 0 aliphatic heterocycles. The van der Waals surface area contributed by atoms with Crippen molar-refractivity contribution in [3.05, 3.63) is 69.5 Å². The summed E-state index contributed by atoms with van der Waals surface area (Å²) in [6, 6.07) is 10.7. The summed E-state index contributed by atoms with van der Waals surface area (Å²) in [6.07, 6.45) is -3.38. The van der Waals surface area contributed by atoms with Crippen molar-refractivity contribution in [2.75, 3.05) is 6.54 Å². The number of rotatable bonds is 7. The van der Waals surface area contributed by atoms with Crippen LogP contribution >= 0.6 is 23.2 Å². The monoisotopic (exact) mass is 472 g/mol. The zero-order chi connectivity index (χ0) is 22.4. The number of carbonyl (C=O) groups excluding carboxylic acids is 1. The number of nitrogens with zero attached hydrogens (tertiary/aromatic N) is 3. The molecule has 162 valence electrons. The lowest BCUT2D eigenvalue weighted by Crippen LogP contribution is -2.25. The van der Waals surface area contributed by atoms with Gasteiger partial charge >= 0.3 is 12.1 Å². The molecule has 1 N–H and O–H groups in total. The van der Waals surface area contributed by atoms with E-state index in [1.165, 1.54) is 30.5 Å². The number of halogens is 5. The molecule has 7 nitrogen and oxygen atoms in total. The second-order valence-corrected chi connectivity index (χ2v) is 6.78. The highest BCUT2D eigenvalue weighted by molar-refractivity contribution is 6.35. The van der Waals surface area contributed by atoms with Gasteiger partial charge in [0.05, 0.1) is 12.8 Å². The molecule has 1 heterocycles. The number of alkyl halides is 3. The molecule has 1 aromatic heterocycles.